The molecule has 0 N–H and O–H groups in total. The molecule has 1 fully saturated rings. The zero-order valence-electron chi connectivity index (χ0n) is 9.74. The van der Waals surface area contributed by atoms with E-state index in [0.717, 1.165) is 6.54 Å². The number of nitrogens with zero attached hydrogens (tertiary/aromatic N) is 2. The first-order valence-corrected chi connectivity index (χ1v) is 5.98. The minimum Gasteiger partial charge on any atom is -0.295 e. The predicted molar refractivity (Wildman–Crippen MR) is 62.8 cm³/mol. The van der Waals surface area contributed by atoms with E-state index in [1.165, 1.54) is 37.1 Å². The Balaban J connectivity index is 2.20. The van der Waals surface area contributed by atoms with Crippen molar-refractivity contribution in [3.8, 4) is 0 Å². The maximum absolute atomic E-state index is 4.52. The summed E-state index contributed by atoms with van der Waals surface area (Å²) in [6, 6.07) is 4.87. The van der Waals surface area contributed by atoms with E-state index in [0.29, 0.717) is 6.04 Å². The molecule has 0 saturated carbocycles. The summed E-state index contributed by atoms with van der Waals surface area (Å²) < 4.78 is 0. The summed E-state index contributed by atoms with van der Waals surface area (Å²) in [5, 5.41) is 0. The molecule has 0 spiro atoms. The fraction of sp³-hybridized carbons (Fsp3) is 0.615. The molecule has 0 bridgehead atoms. The highest BCUT2D eigenvalue weighted by Gasteiger charge is 2.23. The molecule has 1 atom stereocenters. The fourth-order valence-corrected chi connectivity index (χ4v) is 2.45. The first kappa shape index (κ1) is 10.6. The van der Waals surface area contributed by atoms with Crippen LogP contribution in [0.15, 0.2) is 18.3 Å². The number of likely N-dealkylation sites (tertiary alicyclic amines) is 1. The van der Waals surface area contributed by atoms with Crippen LogP contribution in [0.25, 0.3) is 0 Å². The Bertz CT molecular complexity index is 322. The average molecular weight is 204 g/mol. The molecule has 1 aliphatic rings. The highest BCUT2D eigenvalue weighted by molar-refractivity contribution is 5.17. The van der Waals surface area contributed by atoms with Crippen molar-refractivity contribution < 1.29 is 0 Å². The maximum Gasteiger partial charge on any atom is 0.0578 e. The summed E-state index contributed by atoms with van der Waals surface area (Å²) in [7, 11) is 0. The molecular weight excluding hydrogens is 184 g/mol. The summed E-state index contributed by atoms with van der Waals surface area (Å²) in [4.78, 5) is 7.07. The molecule has 15 heavy (non-hydrogen) atoms. The van der Waals surface area contributed by atoms with Crippen molar-refractivity contribution in [1.82, 2.24) is 9.88 Å². The first-order valence-electron chi connectivity index (χ1n) is 5.98. The SMILES string of the molecule is CCN1CCCC[C@H]1c1cc(C)ccn1. The van der Waals surface area contributed by atoms with Gasteiger partial charge in [-0.2, -0.15) is 0 Å². The van der Waals surface area contributed by atoms with Gasteiger partial charge in [0.1, 0.15) is 0 Å². The number of pyridine rings is 1. The van der Waals surface area contributed by atoms with Crippen molar-refractivity contribution >= 4 is 0 Å². The zero-order chi connectivity index (χ0) is 10.7. The molecule has 2 heterocycles. The molecule has 0 aliphatic carbocycles. The van der Waals surface area contributed by atoms with Crippen molar-refractivity contribution in [2.75, 3.05) is 13.1 Å². The predicted octanol–water partition coefficient (Wildman–Crippen LogP) is 2.94. The van der Waals surface area contributed by atoms with Crippen molar-refractivity contribution in [2.24, 2.45) is 0 Å². The molecule has 2 heteroatoms. The van der Waals surface area contributed by atoms with Gasteiger partial charge in [0.25, 0.3) is 0 Å². The van der Waals surface area contributed by atoms with Gasteiger partial charge in [0.15, 0.2) is 0 Å². The van der Waals surface area contributed by atoms with E-state index in [4.69, 9.17) is 0 Å². The number of hydrogen-bond donors (Lipinski definition) is 0. The Hall–Kier alpha value is -0.890. The number of aromatic nitrogens is 1. The number of rotatable bonds is 2. The quantitative estimate of drug-likeness (QED) is 0.736. The lowest BCUT2D eigenvalue weighted by molar-refractivity contribution is 0.154. The third-order valence-electron chi connectivity index (χ3n) is 3.30. The Labute approximate surface area is 92.3 Å². The summed E-state index contributed by atoms with van der Waals surface area (Å²) in [5.74, 6) is 0. The van der Waals surface area contributed by atoms with Gasteiger partial charge in [-0.15, -0.1) is 0 Å². The highest BCUT2D eigenvalue weighted by atomic mass is 15.2. The second-order valence-corrected chi connectivity index (χ2v) is 4.40. The normalized spacial score (nSPS) is 22.9. The second kappa shape index (κ2) is 4.75. The molecule has 82 valence electrons. The van der Waals surface area contributed by atoms with E-state index >= 15 is 0 Å². The fourth-order valence-electron chi connectivity index (χ4n) is 2.45. The molecule has 2 nitrogen and oxygen atoms in total. The smallest absolute Gasteiger partial charge is 0.0578 e. The highest BCUT2D eigenvalue weighted by Crippen LogP contribution is 2.29. The van der Waals surface area contributed by atoms with Gasteiger partial charge in [-0.05, 0) is 50.6 Å². The van der Waals surface area contributed by atoms with Crippen LogP contribution >= 0.6 is 0 Å². The summed E-state index contributed by atoms with van der Waals surface area (Å²) in [6.07, 6.45) is 5.89. The lowest BCUT2D eigenvalue weighted by Gasteiger charge is -2.34. The van der Waals surface area contributed by atoms with Gasteiger partial charge in [0.2, 0.25) is 0 Å². The topological polar surface area (TPSA) is 16.1 Å². The van der Waals surface area contributed by atoms with Gasteiger partial charge < -0.3 is 0 Å². The van der Waals surface area contributed by atoms with Crippen molar-refractivity contribution in [1.29, 1.82) is 0 Å². The van der Waals surface area contributed by atoms with Crippen LogP contribution in [-0.2, 0) is 0 Å². The van der Waals surface area contributed by atoms with Crippen LogP contribution in [0.3, 0.4) is 0 Å². The van der Waals surface area contributed by atoms with Crippen LogP contribution < -0.4 is 0 Å². The largest absolute Gasteiger partial charge is 0.295 e. The Morgan fingerprint density at radius 3 is 3.07 bits per heavy atom. The molecular formula is C13H20N2. The third-order valence-corrected chi connectivity index (χ3v) is 3.30. The van der Waals surface area contributed by atoms with Gasteiger partial charge >= 0.3 is 0 Å². The Kier molecular flexibility index (Phi) is 3.37. The van der Waals surface area contributed by atoms with Crippen molar-refractivity contribution in [3.05, 3.63) is 29.6 Å². The lowest BCUT2D eigenvalue weighted by Crippen LogP contribution is -2.33. The van der Waals surface area contributed by atoms with E-state index in [-0.39, 0.29) is 0 Å². The lowest BCUT2D eigenvalue weighted by atomic mass is 9.98. The Morgan fingerprint density at radius 1 is 1.47 bits per heavy atom. The molecule has 1 saturated heterocycles. The molecule has 2 rings (SSSR count). The van der Waals surface area contributed by atoms with Crippen LogP contribution in [0.2, 0.25) is 0 Å². The van der Waals surface area contributed by atoms with Crippen LogP contribution in [0.4, 0.5) is 0 Å². The van der Waals surface area contributed by atoms with E-state index in [9.17, 15) is 0 Å². The monoisotopic (exact) mass is 204 g/mol. The molecule has 1 aromatic rings. The van der Waals surface area contributed by atoms with Crippen molar-refractivity contribution in [2.45, 2.75) is 39.2 Å². The van der Waals surface area contributed by atoms with E-state index in [2.05, 4.69) is 35.9 Å². The molecule has 0 unspecified atom stereocenters. The summed E-state index contributed by atoms with van der Waals surface area (Å²) >= 11 is 0. The van der Waals surface area contributed by atoms with Gasteiger partial charge in [-0.3, -0.25) is 9.88 Å². The molecule has 0 amide bonds. The average Bonchev–Trinajstić information content (AvgIpc) is 2.29. The minimum absolute atomic E-state index is 0.559. The number of piperidine rings is 1. The van der Waals surface area contributed by atoms with Gasteiger partial charge in [0, 0.05) is 6.20 Å². The second-order valence-electron chi connectivity index (χ2n) is 4.40. The van der Waals surface area contributed by atoms with E-state index in [1.807, 2.05) is 6.20 Å². The van der Waals surface area contributed by atoms with Gasteiger partial charge in [-0.1, -0.05) is 13.3 Å². The van der Waals surface area contributed by atoms with E-state index < -0.39 is 0 Å². The Morgan fingerprint density at radius 2 is 2.33 bits per heavy atom. The van der Waals surface area contributed by atoms with Crippen LogP contribution in [0.5, 0.6) is 0 Å². The molecule has 0 aromatic carbocycles. The molecule has 1 aliphatic heterocycles. The van der Waals surface area contributed by atoms with Crippen LogP contribution in [0, 0.1) is 6.92 Å². The third kappa shape index (κ3) is 2.37. The minimum atomic E-state index is 0.559. The molecule has 0 radical (unpaired) electrons. The van der Waals surface area contributed by atoms with Crippen molar-refractivity contribution in [3.63, 3.8) is 0 Å². The van der Waals surface area contributed by atoms with Gasteiger partial charge in [-0.25, -0.2) is 0 Å². The molecule has 1 aromatic heterocycles. The van der Waals surface area contributed by atoms with Crippen LogP contribution in [-0.4, -0.2) is 23.0 Å². The maximum atomic E-state index is 4.52. The standard InChI is InChI=1S/C13H20N2/c1-3-15-9-5-4-6-13(15)12-10-11(2)7-8-14-12/h7-8,10,13H,3-6,9H2,1-2H3/t13-/m0/s1. The van der Waals surface area contributed by atoms with Gasteiger partial charge in [0.05, 0.1) is 11.7 Å². The summed E-state index contributed by atoms with van der Waals surface area (Å²) in [6.45, 7) is 6.76. The first-order chi connectivity index (χ1) is 7.31. The number of hydrogen-bond acceptors (Lipinski definition) is 2. The van der Waals surface area contributed by atoms with Crippen LogP contribution in [0.1, 0.15) is 43.5 Å². The summed E-state index contributed by atoms with van der Waals surface area (Å²) in [5.41, 5.74) is 2.58. The number of aryl methyl sites for hydroxylation is 1. The van der Waals surface area contributed by atoms with E-state index in [1.54, 1.807) is 0 Å². The zero-order valence-corrected chi connectivity index (χ0v) is 9.74.